The summed E-state index contributed by atoms with van der Waals surface area (Å²) in [7, 11) is 0. The molecule has 0 spiro atoms. The van der Waals surface area contributed by atoms with Crippen LogP contribution in [0.15, 0.2) is 66.7 Å². The van der Waals surface area contributed by atoms with Gasteiger partial charge in [0.25, 0.3) is 0 Å². The molecule has 4 heteroatoms. The minimum atomic E-state index is -2.20. The van der Waals surface area contributed by atoms with Crippen molar-refractivity contribution in [1.29, 1.82) is 0 Å². The summed E-state index contributed by atoms with van der Waals surface area (Å²) < 4.78 is 24.9. The van der Waals surface area contributed by atoms with Gasteiger partial charge in [0, 0.05) is 26.1 Å². The van der Waals surface area contributed by atoms with Crippen LogP contribution in [0.1, 0.15) is 52.6 Å². The molecule has 35 heavy (non-hydrogen) atoms. The number of nitrogens with zero attached hydrogens (tertiary/aromatic N) is 1. The zero-order chi connectivity index (χ0) is 24.4. The summed E-state index contributed by atoms with van der Waals surface area (Å²) >= 11 is 6.84. The van der Waals surface area contributed by atoms with Crippen molar-refractivity contribution in [3.63, 3.8) is 0 Å². The van der Waals surface area contributed by atoms with E-state index < -0.39 is 6.43 Å². The van der Waals surface area contributed by atoms with Crippen LogP contribution < -0.4 is 0 Å². The second kappa shape index (κ2) is 10.6. The van der Waals surface area contributed by atoms with Crippen molar-refractivity contribution in [3.8, 4) is 0 Å². The lowest BCUT2D eigenvalue weighted by Gasteiger charge is -2.39. The SMILES string of the molecule is Cc1cccc(C2=C(c3ccc(CC4CN(CCC(F)F)C4)cc3)c3ccccc3CCC2)c1Cl. The second-order valence-electron chi connectivity index (χ2n) is 10.0. The number of aryl methyl sites for hydroxylation is 2. The second-order valence-corrected chi connectivity index (χ2v) is 10.4. The number of benzene rings is 3. The Kier molecular flexibility index (Phi) is 7.36. The van der Waals surface area contributed by atoms with Gasteiger partial charge in [-0.2, -0.15) is 0 Å². The molecule has 2 aliphatic rings. The molecule has 1 aliphatic carbocycles. The van der Waals surface area contributed by atoms with Crippen LogP contribution in [0.3, 0.4) is 0 Å². The number of likely N-dealkylation sites (tertiary alicyclic amines) is 1. The summed E-state index contributed by atoms with van der Waals surface area (Å²) in [5.74, 6) is 0.554. The molecular formula is C31H32ClF2N. The fourth-order valence-corrected chi connectivity index (χ4v) is 5.85. The number of hydrogen-bond donors (Lipinski definition) is 0. The molecule has 1 heterocycles. The normalized spacial score (nSPS) is 16.8. The number of alkyl halides is 2. The zero-order valence-electron chi connectivity index (χ0n) is 20.2. The monoisotopic (exact) mass is 491 g/mol. The Balaban J connectivity index is 1.44. The molecule has 1 nitrogen and oxygen atoms in total. The first kappa shape index (κ1) is 24.2. The molecule has 5 rings (SSSR count). The molecule has 0 saturated carbocycles. The summed E-state index contributed by atoms with van der Waals surface area (Å²) in [6.07, 6.45) is 1.93. The lowest BCUT2D eigenvalue weighted by molar-refractivity contribution is 0.0626. The van der Waals surface area contributed by atoms with Gasteiger partial charge in [0.1, 0.15) is 0 Å². The van der Waals surface area contributed by atoms with Crippen LogP contribution in [-0.2, 0) is 12.8 Å². The van der Waals surface area contributed by atoms with Gasteiger partial charge < -0.3 is 4.90 Å². The van der Waals surface area contributed by atoms with E-state index in [9.17, 15) is 8.78 Å². The van der Waals surface area contributed by atoms with Gasteiger partial charge in [-0.3, -0.25) is 0 Å². The Morgan fingerprint density at radius 3 is 2.43 bits per heavy atom. The summed E-state index contributed by atoms with van der Waals surface area (Å²) in [6, 6.07) is 24.1. The van der Waals surface area contributed by atoms with Gasteiger partial charge >= 0.3 is 0 Å². The van der Waals surface area contributed by atoms with E-state index in [0.717, 1.165) is 54.9 Å². The molecule has 0 amide bonds. The Bertz CT molecular complexity index is 1210. The minimum absolute atomic E-state index is 0.0225. The maximum absolute atomic E-state index is 12.4. The molecule has 0 bridgehead atoms. The van der Waals surface area contributed by atoms with Crippen LogP contribution in [-0.4, -0.2) is 31.0 Å². The Hall–Kier alpha value is -2.49. The fraction of sp³-hybridized carbons (Fsp3) is 0.355. The highest BCUT2D eigenvalue weighted by Gasteiger charge is 2.27. The maximum atomic E-state index is 12.4. The average molecular weight is 492 g/mol. The highest BCUT2D eigenvalue weighted by molar-refractivity contribution is 6.33. The van der Waals surface area contributed by atoms with Crippen molar-refractivity contribution in [3.05, 3.63) is 105 Å². The van der Waals surface area contributed by atoms with Gasteiger partial charge in [0.2, 0.25) is 6.43 Å². The molecule has 1 saturated heterocycles. The van der Waals surface area contributed by atoms with Gasteiger partial charge in [0.05, 0.1) is 5.02 Å². The number of allylic oxidation sites excluding steroid dienone is 1. The van der Waals surface area contributed by atoms with E-state index in [0.29, 0.717) is 12.5 Å². The van der Waals surface area contributed by atoms with Crippen LogP contribution in [0.2, 0.25) is 5.02 Å². The first-order valence-electron chi connectivity index (χ1n) is 12.7. The summed E-state index contributed by atoms with van der Waals surface area (Å²) in [5.41, 5.74) is 10.1. The predicted molar refractivity (Wildman–Crippen MR) is 142 cm³/mol. The third kappa shape index (κ3) is 5.37. The van der Waals surface area contributed by atoms with Crippen LogP contribution in [0.5, 0.6) is 0 Å². The first-order valence-corrected chi connectivity index (χ1v) is 13.0. The van der Waals surface area contributed by atoms with Crippen LogP contribution >= 0.6 is 11.6 Å². The molecule has 0 N–H and O–H groups in total. The molecule has 0 aromatic heterocycles. The zero-order valence-corrected chi connectivity index (χ0v) is 21.0. The van der Waals surface area contributed by atoms with E-state index in [2.05, 4.69) is 78.6 Å². The summed E-state index contributed by atoms with van der Waals surface area (Å²) in [6.45, 7) is 4.41. The van der Waals surface area contributed by atoms with Crippen molar-refractivity contribution in [2.75, 3.05) is 19.6 Å². The molecule has 1 aliphatic heterocycles. The lowest BCUT2D eigenvalue weighted by Crippen LogP contribution is -2.48. The van der Waals surface area contributed by atoms with E-state index >= 15 is 0 Å². The topological polar surface area (TPSA) is 3.24 Å². The molecule has 3 aromatic carbocycles. The van der Waals surface area contributed by atoms with Crippen molar-refractivity contribution >= 4 is 22.7 Å². The van der Waals surface area contributed by atoms with Gasteiger partial charge in [-0.1, -0.05) is 78.3 Å². The third-order valence-electron chi connectivity index (χ3n) is 7.44. The van der Waals surface area contributed by atoms with Crippen molar-refractivity contribution in [2.45, 2.75) is 45.5 Å². The number of hydrogen-bond acceptors (Lipinski definition) is 1. The summed E-state index contributed by atoms with van der Waals surface area (Å²) in [4.78, 5) is 2.14. The third-order valence-corrected chi connectivity index (χ3v) is 7.94. The summed E-state index contributed by atoms with van der Waals surface area (Å²) in [5, 5.41) is 0.845. The largest absolute Gasteiger partial charge is 0.302 e. The highest BCUT2D eigenvalue weighted by Crippen LogP contribution is 2.42. The van der Waals surface area contributed by atoms with Crippen molar-refractivity contribution in [1.82, 2.24) is 4.90 Å². The molecule has 3 aromatic rings. The van der Waals surface area contributed by atoms with Crippen LogP contribution in [0, 0.1) is 12.8 Å². The fourth-order valence-electron chi connectivity index (χ4n) is 5.61. The number of rotatable bonds is 7. The van der Waals surface area contributed by atoms with Crippen LogP contribution in [0.25, 0.3) is 11.1 Å². The van der Waals surface area contributed by atoms with E-state index in [-0.39, 0.29) is 6.42 Å². The Morgan fingerprint density at radius 1 is 0.914 bits per heavy atom. The van der Waals surface area contributed by atoms with Gasteiger partial charge in [-0.15, -0.1) is 0 Å². The Morgan fingerprint density at radius 2 is 1.66 bits per heavy atom. The molecular weight excluding hydrogens is 460 g/mol. The van der Waals surface area contributed by atoms with E-state index in [4.69, 9.17) is 11.6 Å². The average Bonchev–Trinajstić information content (AvgIpc) is 3.02. The smallest absolute Gasteiger partial charge is 0.239 e. The molecule has 1 fully saturated rings. The van der Waals surface area contributed by atoms with E-state index in [1.807, 2.05) is 0 Å². The minimum Gasteiger partial charge on any atom is -0.302 e. The lowest BCUT2D eigenvalue weighted by atomic mass is 9.86. The molecule has 182 valence electrons. The molecule has 0 atom stereocenters. The van der Waals surface area contributed by atoms with E-state index in [1.54, 1.807) is 0 Å². The van der Waals surface area contributed by atoms with Gasteiger partial charge in [-0.25, -0.2) is 8.78 Å². The van der Waals surface area contributed by atoms with Gasteiger partial charge in [0.15, 0.2) is 0 Å². The quantitative estimate of drug-likeness (QED) is 0.323. The molecule has 0 unspecified atom stereocenters. The van der Waals surface area contributed by atoms with Crippen molar-refractivity contribution < 1.29 is 8.78 Å². The van der Waals surface area contributed by atoms with Crippen molar-refractivity contribution in [2.24, 2.45) is 5.92 Å². The maximum Gasteiger partial charge on any atom is 0.239 e. The van der Waals surface area contributed by atoms with E-state index in [1.165, 1.54) is 33.4 Å². The number of fused-ring (bicyclic) bond motifs is 1. The predicted octanol–water partition coefficient (Wildman–Crippen LogP) is 8.07. The van der Waals surface area contributed by atoms with Crippen LogP contribution in [0.4, 0.5) is 8.78 Å². The van der Waals surface area contributed by atoms with Gasteiger partial charge in [-0.05, 0) is 83.1 Å². The number of halogens is 3. The highest BCUT2D eigenvalue weighted by atomic mass is 35.5. The molecule has 0 radical (unpaired) electrons. The Labute approximate surface area is 212 Å². The first-order chi connectivity index (χ1) is 17.0. The standard InChI is InChI=1S/C31H32ClF2N/c1-21-6-4-11-28(31(21)32)27-10-5-8-24-7-2-3-9-26(24)30(27)25-14-12-22(13-15-25)18-23-19-35(20-23)17-16-29(33)34/h2-4,6-7,9,11-15,23,29H,5,8,10,16-20H2,1H3.